The topological polar surface area (TPSA) is 43.8 Å². The number of aromatic nitrogens is 2. The van der Waals surface area contributed by atoms with Crippen LogP contribution < -0.4 is 5.73 Å². The predicted octanol–water partition coefficient (Wildman–Crippen LogP) is 2.04. The van der Waals surface area contributed by atoms with Crippen molar-refractivity contribution >= 4 is 5.82 Å². The van der Waals surface area contributed by atoms with E-state index in [1.165, 1.54) is 17.5 Å². The summed E-state index contributed by atoms with van der Waals surface area (Å²) in [7, 11) is 1.68. The van der Waals surface area contributed by atoms with Crippen LogP contribution in [0.2, 0.25) is 0 Å². The first-order chi connectivity index (χ1) is 6.61. The van der Waals surface area contributed by atoms with Gasteiger partial charge < -0.3 is 5.73 Å². The van der Waals surface area contributed by atoms with Crippen molar-refractivity contribution in [3.05, 3.63) is 11.5 Å². The molecule has 1 aromatic rings. The highest BCUT2D eigenvalue weighted by molar-refractivity contribution is 5.35. The molecule has 1 aliphatic carbocycles. The molecule has 78 valence electrons. The highest BCUT2D eigenvalue weighted by Crippen LogP contribution is 2.40. The fraction of sp³-hybridized carbons (Fsp3) is 0.700. The van der Waals surface area contributed by atoms with Crippen LogP contribution in [0, 0.1) is 11.7 Å². The van der Waals surface area contributed by atoms with Crippen molar-refractivity contribution in [1.82, 2.24) is 9.78 Å². The van der Waals surface area contributed by atoms with Crippen LogP contribution in [0.5, 0.6) is 0 Å². The highest BCUT2D eigenvalue weighted by atomic mass is 19.1. The zero-order valence-corrected chi connectivity index (χ0v) is 8.63. The molecule has 1 heterocycles. The van der Waals surface area contributed by atoms with Gasteiger partial charge in [0.15, 0.2) is 11.6 Å². The van der Waals surface area contributed by atoms with Gasteiger partial charge >= 0.3 is 0 Å². The molecule has 0 spiro atoms. The minimum Gasteiger partial charge on any atom is -0.381 e. The average Bonchev–Trinajstić information content (AvgIpc) is 2.66. The van der Waals surface area contributed by atoms with Crippen molar-refractivity contribution < 1.29 is 4.39 Å². The average molecular weight is 197 g/mol. The predicted molar refractivity (Wildman–Crippen MR) is 53.3 cm³/mol. The maximum absolute atomic E-state index is 13.6. The van der Waals surface area contributed by atoms with E-state index in [0.717, 1.165) is 6.42 Å². The molecular weight excluding hydrogens is 181 g/mol. The van der Waals surface area contributed by atoms with Crippen LogP contribution in [0.15, 0.2) is 0 Å². The number of halogens is 1. The van der Waals surface area contributed by atoms with Crippen LogP contribution in [0.3, 0.4) is 0 Å². The minimum absolute atomic E-state index is 0.152. The number of hydrogen-bond acceptors (Lipinski definition) is 2. The number of nitrogens with zero attached hydrogens (tertiary/aromatic N) is 2. The second-order valence-electron chi connectivity index (χ2n) is 4.22. The lowest BCUT2D eigenvalue weighted by Crippen LogP contribution is -2.05. The number of aryl methyl sites for hydroxylation is 1. The Balaban J connectivity index is 2.36. The molecule has 4 heteroatoms. The lowest BCUT2D eigenvalue weighted by atomic mass is 9.94. The van der Waals surface area contributed by atoms with E-state index >= 15 is 0 Å². The fourth-order valence-electron chi connectivity index (χ4n) is 2.32. The van der Waals surface area contributed by atoms with Gasteiger partial charge in [-0.15, -0.1) is 0 Å². The third-order valence-corrected chi connectivity index (χ3v) is 3.27. The molecule has 2 N–H and O–H groups in total. The summed E-state index contributed by atoms with van der Waals surface area (Å²) < 4.78 is 15.1. The second kappa shape index (κ2) is 3.26. The Hall–Kier alpha value is -1.06. The summed E-state index contributed by atoms with van der Waals surface area (Å²) in [5, 5.41) is 4.16. The van der Waals surface area contributed by atoms with E-state index in [1.807, 2.05) is 0 Å². The number of nitrogens with two attached hydrogens (primary N) is 1. The van der Waals surface area contributed by atoms with Gasteiger partial charge in [-0.2, -0.15) is 5.10 Å². The molecule has 2 atom stereocenters. The first-order valence-electron chi connectivity index (χ1n) is 5.09. The molecular formula is C10H16FN3. The summed E-state index contributed by atoms with van der Waals surface area (Å²) in [6.45, 7) is 2.15. The maximum atomic E-state index is 13.6. The van der Waals surface area contributed by atoms with Gasteiger partial charge in [-0.25, -0.2) is 4.39 Å². The quantitative estimate of drug-likeness (QED) is 0.748. The standard InChI is InChI=1S/C10H16FN3/c1-6-4-3-5-7(6)9-8(11)10(12)14(2)13-9/h6-7H,3-5,12H2,1-2H3. The monoisotopic (exact) mass is 197 g/mol. The molecule has 0 amide bonds. The van der Waals surface area contributed by atoms with Crippen molar-refractivity contribution in [2.24, 2.45) is 13.0 Å². The Morgan fingerprint density at radius 1 is 1.50 bits per heavy atom. The Labute approximate surface area is 83.1 Å². The van der Waals surface area contributed by atoms with Gasteiger partial charge in [-0.1, -0.05) is 19.8 Å². The molecule has 1 fully saturated rings. The van der Waals surface area contributed by atoms with Crippen LogP contribution in [0.1, 0.15) is 37.8 Å². The first-order valence-corrected chi connectivity index (χ1v) is 5.09. The van der Waals surface area contributed by atoms with E-state index in [-0.39, 0.29) is 17.6 Å². The summed E-state index contributed by atoms with van der Waals surface area (Å²) in [5.74, 6) is 0.627. The zero-order valence-electron chi connectivity index (χ0n) is 8.63. The maximum Gasteiger partial charge on any atom is 0.188 e. The zero-order chi connectivity index (χ0) is 10.3. The molecule has 2 rings (SSSR count). The van der Waals surface area contributed by atoms with Gasteiger partial charge in [-0.05, 0) is 12.3 Å². The van der Waals surface area contributed by atoms with E-state index < -0.39 is 0 Å². The van der Waals surface area contributed by atoms with Gasteiger partial charge in [0.2, 0.25) is 0 Å². The van der Waals surface area contributed by atoms with Crippen LogP contribution in [-0.2, 0) is 7.05 Å². The van der Waals surface area contributed by atoms with E-state index in [2.05, 4.69) is 12.0 Å². The third kappa shape index (κ3) is 1.29. The van der Waals surface area contributed by atoms with E-state index in [9.17, 15) is 4.39 Å². The van der Waals surface area contributed by atoms with Gasteiger partial charge in [0, 0.05) is 13.0 Å². The van der Waals surface area contributed by atoms with Crippen molar-refractivity contribution in [1.29, 1.82) is 0 Å². The SMILES string of the molecule is CC1CCCC1c1nn(C)c(N)c1F. The van der Waals surface area contributed by atoms with Crippen LogP contribution in [0.4, 0.5) is 10.2 Å². The molecule has 1 aliphatic rings. The number of hydrogen-bond donors (Lipinski definition) is 1. The van der Waals surface area contributed by atoms with Crippen molar-refractivity contribution in [3.8, 4) is 0 Å². The molecule has 0 aromatic carbocycles. The van der Waals surface area contributed by atoms with E-state index in [1.54, 1.807) is 7.05 Å². The molecule has 1 saturated carbocycles. The molecule has 14 heavy (non-hydrogen) atoms. The second-order valence-corrected chi connectivity index (χ2v) is 4.22. The van der Waals surface area contributed by atoms with Crippen molar-refractivity contribution in [2.45, 2.75) is 32.1 Å². The number of anilines is 1. The molecule has 1 aromatic heterocycles. The Morgan fingerprint density at radius 2 is 2.21 bits per heavy atom. The lowest BCUT2D eigenvalue weighted by Gasteiger charge is -2.11. The van der Waals surface area contributed by atoms with Gasteiger partial charge in [0.1, 0.15) is 5.69 Å². The normalized spacial score (nSPS) is 27.1. The van der Waals surface area contributed by atoms with Crippen molar-refractivity contribution in [3.63, 3.8) is 0 Å². The van der Waals surface area contributed by atoms with Gasteiger partial charge in [-0.3, -0.25) is 4.68 Å². The summed E-state index contributed by atoms with van der Waals surface area (Å²) in [6, 6.07) is 0. The first kappa shape index (κ1) is 9.49. The number of rotatable bonds is 1. The fourth-order valence-corrected chi connectivity index (χ4v) is 2.32. The number of nitrogen functional groups attached to an aromatic ring is 1. The van der Waals surface area contributed by atoms with Gasteiger partial charge in [0.25, 0.3) is 0 Å². The summed E-state index contributed by atoms with van der Waals surface area (Å²) in [4.78, 5) is 0. The van der Waals surface area contributed by atoms with E-state index in [0.29, 0.717) is 11.6 Å². The molecule has 0 radical (unpaired) electrons. The molecule has 0 aliphatic heterocycles. The van der Waals surface area contributed by atoms with Crippen molar-refractivity contribution in [2.75, 3.05) is 5.73 Å². The Bertz CT molecular complexity index is 345. The molecule has 0 saturated heterocycles. The molecule has 0 bridgehead atoms. The Morgan fingerprint density at radius 3 is 2.64 bits per heavy atom. The Kier molecular flexibility index (Phi) is 2.21. The van der Waals surface area contributed by atoms with Crippen LogP contribution in [-0.4, -0.2) is 9.78 Å². The molecule has 2 unspecified atom stereocenters. The van der Waals surface area contributed by atoms with Crippen LogP contribution >= 0.6 is 0 Å². The summed E-state index contributed by atoms with van der Waals surface area (Å²) in [5.41, 5.74) is 6.11. The summed E-state index contributed by atoms with van der Waals surface area (Å²) >= 11 is 0. The molecule has 3 nitrogen and oxygen atoms in total. The smallest absolute Gasteiger partial charge is 0.188 e. The van der Waals surface area contributed by atoms with E-state index in [4.69, 9.17) is 5.73 Å². The highest BCUT2D eigenvalue weighted by Gasteiger charge is 2.30. The van der Waals surface area contributed by atoms with Gasteiger partial charge in [0.05, 0.1) is 0 Å². The summed E-state index contributed by atoms with van der Waals surface area (Å²) in [6.07, 6.45) is 3.37. The third-order valence-electron chi connectivity index (χ3n) is 3.27. The van der Waals surface area contributed by atoms with Crippen LogP contribution in [0.25, 0.3) is 0 Å². The minimum atomic E-state index is -0.314. The lowest BCUT2D eigenvalue weighted by molar-refractivity contribution is 0.490. The largest absolute Gasteiger partial charge is 0.381 e.